The van der Waals surface area contributed by atoms with E-state index in [0.717, 1.165) is 0 Å². The maximum atomic E-state index is 12.3. The summed E-state index contributed by atoms with van der Waals surface area (Å²) in [7, 11) is 0. The average molecular weight is 281 g/mol. The molecule has 1 saturated carbocycles. The minimum atomic E-state index is -0.198. The second-order valence-corrected chi connectivity index (χ2v) is 5.31. The summed E-state index contributed by atoms with van der Waals surface area (Å²) in [5.74, 6) is 0.696. The normalized spacial score (nSPS) is 23.9. The van der Waals surface area contributed by atoms with Crippen LogP contribution in [0.1, 0.15) is 23.7 Å². The molecule has 0 aromatic heterocycles. The molecular weight excluding hydrogens is 268 g/mol. The molecule has 0 amide bonds. The first kappa shape index (κ1) is 12.5. The van der Waals surface area contributed by atoms with Gasteiger partial charge in [0, 0.05) is 17.4 Å². The Morgan fingerprint density at radius 1 is 1.21 bits per heavy atom. The minimum absolute atomic E-state index is 0.0425. The van der Waals surface area contributed by atoms with E-state index in [4.69, 9.17) is 21.1 Å². The highest BCUT2D eigenvalue weighted by molar-refractivity contribution is 6.32. The average Bonchev–Trinajstić information content (AvgIpc) is 3.18. The van der Waals surface area contributed by atoms with Gasteiger partial charge in [0.15, 0.2) is 17.3 Å². The molecule has 0 radical (unpaired) electrons. The number of carbonyl (C=O) groups excluding carboxylic acids is 2. The van der Waals surface area contributed by atoms with E-state index in [1.807, 2.05) is 0 Å². The number of fused-ring (bicyclic) bond motifs is 1. The van der Waals surface area contributed by atoms with Gasteiger partial charge in [-0.2, -0.15) is 0 Å². The minimum Gasteiger partial charge on any atom is -0.486 e. The number of hydrogen-bond donors (Lipinski definition) is 0. The third kappa shape index (κ3) is 2.21. The van der Waals surface area contributed by atoms with E-state index in [1.165, 1.54) is 6.92 Å². The van der Waals surface area contributed by atoms with Crippen LogP contribution in [0.15, 0.2) is 12.1 Å². The number of ether oxygens (including phenoxy) is 2. The molecule has 2 atom stereocenters. The van der Waals surface area contributed by atoms with Crippen molar-refractivity contribution in [3.63, 3.8) is 0 Å². The molecule has 0 N–H and O–H groups in total. The molecule has 0 saturated heterocycles. The van der Waals surface area contributed by atoms with Crippen LogP contribution in [0.25, 0.3) is 0 Å². The van der Waals surface area contributed by atoms with Gasteiger partial charge in [-0.05, 0) is 25.5 Å². The fourth-order valence-electron chi connectivity index (χ4n) is 2.40. The highest BCUT2D eigenvalue weighted by Gasteiger charge is 2.46. The lowest BCUT2D eigenvalue weighted by atomic mass is 10.0. The van der Waals surface area contributed by atoms with Gasteiger partial charge in [-0.25, -0.2) is 0 Å². The number of carbonyl (C=O) groups is 2. The molecule has 1 aliphatic carbocycles. The monoisotopic (exact) mass is 280 g/mol. The summed E-state index contributed by atoms with van der Waals surface area (Å²) in [5, 5.41) is 0.376. The fraction of sp³-hybridized carbons (Fsp3) is 0.429. The molecule has 19 heavy (non-hydrogen) atoms. The Kier molecular flexibility index (Phi) is 2.97. The first-order valence-electron chi connectivity index (χ1n) is 6.21. The van der Waals surface area contributed by atoms with Crippen LogP contribution in [0.2, 0.25) is 5.02 Å². The Balaban J connectivity index is 1.88. The van der Waals surface area contributed by atoms with Crippen molar-refractivity contribution >= 4 is 23.2 Å². The van der Waals surface area contributed by atoms with E-state index in [2.05, 4.69) is 0 Å². The number of hydrogen-bond acceptors (Lipinski definition) is 4. The summed E-state index contributed by atoms with van der Waals surface area (Å²) in [6, 6.07) is 3.24. The van der Waals surface area contributed by atoms with E-state index in [9.17, 15) is 9.59 Å². The molecule has 1 heterocycles. The smallest absolute Gasteiger partial charge is 0.179 e. The van der Waals surface area contributed by atoms with Crippen molar-refractivity contribution in [2.24, 2.45) is 11.8 Å². The van der Waals surface area contributed by atoms with Gasteiger partial charge in [0.25, 0.3) is 0 Å². The second-order valence-electron chi connectivity index (χ2n) is 4.91. The van der Waals surface area contributed by atoms with Crippen molar-refractivity contribution in [3.05, 3.63) is 22.7 Å². The van der Waals surface area contributed by atoms with Crippen LogP contribution in [0.5, 0.6) is 11.5 Å². The molecule has 0 spiro atoms. The standard InChI is InChI=1S/C14H13ClO4/c1-7(16)9-6-10(9)13(17)8-4-11(15)14-12(5-8)18-2-3-19-14/h4-5,9-10H,2-3,6H2,1H3/t9-,10+/m1/s1. The van der Waals surface area contributed by atoms with Crippen molar-refractivity contribution in [2.75, 3.05) is 13.2 Å². The van der Waals surface area contributed by atoms with E-state index < -0.39 is 0 Å². The van der Waals surface area contributed by atoms with Crippen LogP contribution < -0.4 is 9.47 Å². The summed E-state index contributed by atoms with van der Waals surface area (Å²) in [5.41, 5.74) is 0.489. The second kappa shape index (κ2) is 4.53. The van der Waals surface area contributed by atoms with Crippen LogP contribution in [0, 0.1) is 11.8 Å². The Morgan fingerprint density at radius 2 is 1.95 bits per heavy atom. The molecule has 5 heteroatoms. The van der Waals surface area contributed by atoms with Crippen molar-refractivity contribution in [3.8, 4) is 11.5 Å². The maximum Gasteiger partial charge on any atom is 0.179 e. The number of halogens is 1. The third-order valence-corrected chi connectivity index (χ3v) is 3.81. The topological polar surface area (TPSA) is 52.6 Å². The molecular formula is C14H13ClO4. The zero-order chi connectivity index (χ0) is 13.6. The lowest BCUT2D eigenvalue weighted by Gasteiger charge is -2.20. The predicted molar refractivity (Wildman–Crippen MR) is 69.1 cm³/mol. The molecule has 4 nitrogen and oxygen atoms in total. The van der Waals surface area contributed by atoms with Gasteiger partial charge in [-0.15, -0.1) is 0 Å². The molecule has 3 rings (SSSR count). The fourth-order valence-corrected chi connectivity index (χ4v) is 2.67. The Morgan fingerprint density at radius 3 is 2.63 bits per heavy atom. The summed E-state index contributed by atoms with van der Waals surface area (Å²) in [6.45, 7) is 2.42. The zero-order valence-electron chi connectivity index (χ0n) is 10.4. The highest BCUT2D eigenvalue weighted by Crippen LogP contribution is 2.44. The van der Waals surface area contributed by atoms with Gasteiger partial charge in [0.05, 0.1) is 5.02 Å². The van der Waals surface area contributed by atoms with Crippen LogP contribution in [-0.2, 0) is 4.79 Å². The van der Waals surface area contributed by atoms with Gasteiger partial charge < -0.3 is 9.47 Å². The molecule has 1 aliphatic heterocycles. The number of ketones is 2. The Labute approximate surface area is 115 Å². The summed E-state index contributed by atoms with van der Waals surface area (Å²) >= 11 is 6.09. The van der Waals surface area contributed by atoms with Crippen LogP contribution in [0.4, 0.5) is 0 Å². The predicted octanol–water partition coefficient (Wildman–Crippen LogP) is 2.52. The molecule has 1 fully saturated rings. The summed E-state index contributed by atoms with van der Waals surface area (Å²) in [6.07, 6.45) is 0.639. The van der Waals surface area contributed by atoms with Crippen LogP contribution in [-0.4, -0.2) is 24.8 Å². The van der Waals surface area contributed by atoms with Crippen molar-refractivity contribution in [1.82, 2.24) is 0 Å². The third-order valence-electron chi connectivity index (χ3n) is 3.53. The molecule has 100 valence electrons. The number of benzene rings is 1. The van der Waals surface area contributed by atoms with Gasteiger partial charge >= 0.3 is 0 Å². The van der Waals surface area contributed by atoms with Crippen molar-refractivity contribution in [1.29, 1.82) is 0 Å². The molecule has 1 aromatic carbocycles. The van der Waals surface area contributed by atoms with E-state index >= 15 is 0 Å². The first-order valence-corrected chi connectivity index (χ1v) is 6.59. The molecule has 2 aliphatic rings. The quantitative estimate of drug-likeness (QED) is 0.799. The SMILES string of the molecule is CC(=O)[C@H]1C[C@@H]1C(=O)c1cc(Cl)c2c(c1)OCCO2. The van der Waals surface area contributed by atoms with Crippen molar-refractivity contribution in [2.45, 2.75) is 13.3 Å². The van der Waals surface area contributed by atoms with E-state index in [-0.39, 0.29) is 23.4 Å². The molecule has 1 aromatic rings. The maximum absolute atomic E-state index is 12.3. The van der Waals surface area contributed by atoms with E-state index in [1.54, 1.807) is 12.1 Å². The van der Waals surface area contributed by atoms with Gasteiger partial charge in [0.1, 0.15) is 19.0 Å². The summed E-state index contributed by atoms with van der Waals surface area (Å²) in [4.78, 5) is 23.5. The lowest BCUT2D eigenvalue weighted by Crippen LogP contribution is -2.16. The van der Waals surface area contributed by atoms with Gasteiger partial charge in [-0.3, -0.25) is 9.59 Å². The summed E-state index contributed by atoms with van der Waals surface area (Å²) < 4.78 is 10.8. The molecule has 0 unspecified atom stereocenters. The van der Waals surface area contributed by atoms with E-state index in [0.29, 0.717) is 41.7 Å². The highest BCUT2D eigenvalue weighted by atomic mass is 35.5. The Bertz CT molecular complexity index is 567. The van der Waals surface area contributed by atoms with Crippen LogP contribution in [0.3, 0.4) is 0 Å². The van der Waals surface area contributed by atoms with Gasteiger partial charge in [-0.1, -0.05) is 11.6 Å². The Hall–Kier alpha value is -1.55. The first-order chi connectivity index (χ1) is 9.08. The van der Waals surface area contributed by atoms with Crippen molar-refractivity contribution < 1.29 is 19.1 Å². The van der Waals surface area contributed by atoms with Crippen LogP contribution >= 0.6 is 11.6 Å². The zero-order valence-corrected chi connectivity index (χ0v) is 11.2. The molecule has 0 bridgehead atoms. The number of Topliss-reactive ketones (excluding diaryl/α,β-unsaturated/α-hetero) is 2. The lowest BCUT2D eigenvalue weighted by molar-refractivity contribution is -0.118. The number of rotatable bonds is 3. The van der Waals surface area contributed by atoms with Gasteiger partial charge in [0.2, 0.25) is 0 Å². The largest absolute Gasteiger partial charge is 0.486 e.